The predicted octanol–water partition coefficient (Wildman–Crippen LogP) is 6.37. The van der Waals surface area contributed by atoms with E-state index in [1.165, 1.54) is 44.3 Å². The molecule has 0 amide bonds. The number of aromatic nitrogens is 2. The van der Waals surface area contributed by atoms with Gasteiger partial charge in [-0.1, -0.05) is 54.6 Å². The van der Waals surface area contributed by atoms with Crippen LogP contribution in [0.1, 0.15) is 5.56 Å². The molecule has 5 aromatic rings. The summed E-state index contributed by atoms with van der Waals surface area (Å²) in [5, 5.41) is 2.50. The molecule has 2 heteroatoms. The zero-order valence-electron chi connectivity index (χ0n) is 17.2. The highest BCUT2D eigenvalue weighted by Gasteiger charge is 2.18. The van der Waals surface area contributed by atoms with Gasteiger partial charge < -0.3 is 0 Å². The summed E-state index contributed by atoms with van der Waals surface area (Å²) >= 11 is 0. The first-order valence-corrected chi connectivity index (χ1v) is 10.2. The Labute approximate surface area is 177 Å². The Bertz CT molecular complexity index is 1340. The Hall–Kier alpha value is -3.78. The maximum Gasteiger partial charge on any atom is 0.220 e. The van der Waals surface area contributed by atoms with E-state index in [2.05, 4.69) is 109 Å². The zero-order chi connectivity index (χ0) is 20.5. The van der Waals surface area contributed by atoms with Crippen molar-refractivity contribution in [2.24, 2.45) is 7.05 Å². The lowest BCUT2D eigenvalue weighted by molar-refractivity contribution is -0.659. The van der Waals surface area contributed by atoms with E-state index in [4.69, 9.17) is 0 Å². The van der Waals surface area contributed by atoms with Crippen LogP contribution < -0.4 is 4.57 Å². The van der Waals surface area contributed by atoms with Gasteiger partial charge in [0.15, 0.2) is 6.20 Å². The Balaban J connectivity index is 1.70. The monoisotopic (exact) mass is 387 g/mol. The lowest BCUT2D eigenvalue weighted by Gasteiger charge is -2.11. The van der Waals surface area contributed by atoms with Crippen molar-refractivity contribution in [3.05, 3.63) is 109 Å². The molecule has 0 unspecified atom stereocenters. The number of aryl methyl sites for hydroxylation is 2. The van der Waals surface area contributed by atoms with Crippen LogP contribution in [0.15, 0.2) is 104 Å². The van der Waals surface area contributed by atoms with E-state index in [1.54, 1.807) is 0 Å². The van der Waals surface area contributed by atoms with Gasteiger partial charge in [-0.25, -0.2) is 4.57 Å². The maximum atomic E-state index is 4.29. The van der Waals surface area contributed by atoms with Crippen LogP contribution in [-0.4, -0.2) is 4.98 Å². The van der Waals surface area contributed by atoms with Crippen molar-refractivity contribution in [3.63, 3.8) is 0 Å². The standard InChI is InChI=1S/C28H23N2/c1-20-10-11-23(25-9-6-15-29-19-25)18-27(20)28-26-13-12-22(21-7-4-3-5-8-21)17-24(26)14-16-30(28)2/h3-19H,1-2H3/q+1. The van der Waals surface area contributed by atoms with Crippen LogP contribution in [0.5, 0.6) is 0 Å². The molecule has 2 nitrogen and oxygen atoms in total. The third kappa shape index (κ3) is 3.27. The molecule has 3 aromatic carbocycles. The molecule has 0 aliphatic heterocycles. The van der Waals surface area contributed by atoms with Crippen LogP contribution in [0, 0.1) is 6.92 Å². The Kier molecular flexibility index (Phi) is 4.61. The highest BCUT2D eigenvalue weighted by Crippen LogP contribution is 2.33. The Morgan fingerprint density at radius 3 is 2.27 bits per heavy atom. The molecule has 0 N–H and O–H groups in total. The average Bonchev–Trinajstić information content (AvgIpc) is 2.80. The van der Waals surface area contributed by atoms with Crippen molar-refractivity contribution in [1.29, 1.82) is 0 Å². The van der Waals surface area contributed by atoms with E-state index >= 15 is 0 Å². The lowest BCUT2D eigenvalue weighted by Crippen LogP contribution is -2.30. The summed E-state index contributed by atoms with van der Waals surface area (Å²) in [6, 6.07) is 30.3. The van der Waals surface area contributed by atoms with E-state index in [1.807, 2.05) is 18.5 Å². The molecule has 0 saturated heterocycles. The van der Waals surface area contributed by atoms with Crippen molar-refractivity contribution >= 4 is 10.8 Å². The van der Waals surface area contributed by atoms with Gasteiger partial charge in [-0.3, -0.25) is 4.98 Å². The molecular formula is C28H23N2+. The molecule has 0 aliphatic rings. The summed E-state index contributed by atoms with van der Waals surface area (Å²) in [6.45, 7) is 2.18. The van der Waals surface area contributed by atoms with Crippen molar-refractivity contribution in [3.8, 4) is 33.5 Å². The minimum absolute atomic E-state index is 1.13. The van der Waals surface area contributed by atoms with Gasteiger partial charge in [0.2, 0.25) is 5.69 Å². The second-order valence-electron chi connectivity index (χ2n) is 7.71. The third-order valence-corrected chi connectivity index (χ3v) is 5.73. The summed E-state index contributed by atoms with van der Waals surface area (Å²) in [7, 11) is 2.12. The summed E-state index contributed by atoms with van der Waals surface area (Å²) in [6.07, 6.45) is 5.89. The van der Waals surface area contributed by atoms with Crippen LogP contribution in [-0.2, 0) is 7.05 Å². The minimum Gasteiger partial charge on any atom is -0.264 e. The Morgan fingerprint density at radius 1 is 0.700 bits per heavy atom. The first-order chi connectivity index (χ1) is 14.7. The molecule has 144 valence electrons. The van der Waals surface area contributed by atoms with E-state index in [9.17, 15) is 0 Å². The molecular weight excluding hydrogens is 364 g/mol. The molecule has 5 rings (SSSR count). The predicted molar refractivity (Wildman–Crippen MR) is 124 cm³/mol. The molecule has 0 atom stereocenters. The minimum atomic E-state index is 1.13. The number of pyridine rings is 2. The molecule has 0 bridgehead atoms. The van der Waals surface area contributed by atoms with Crippen LogP contribution in [0.3, 0.4) is 0 Å². The summed E-state index contributed by atoms with van der Waals surface area (Å²) in [5.74, 6) is 0. The van der Waals surface area contributed by atoms with Crippen LogP contribution in [0.4, 0.5) is 0 Å². The van der Waals surface area contributed by atoms with Crippen molar-refractivity contribution in [1.82, 2.24) is 4.98 Å². The topological polar surface area (TPSA) is 16.8 Å². The normalized spacial score (nSPS) is 11.0. The van der Waals surface area contributed by atoms with E-state index in [0.29, 0.717) is 0 Å². The number of fused-ring (bicyclic) bond motifs is 1. The molecule has 0 spiro atoms. The molecule has 0 saturated carbocycles. The molecule has 30 heavy (non-hydrogen) atoms. The van der Waals surface area contributed by atoms with Crippen molar-refractivity contribution in [2.75, 3.05) is 0 Å². The fourth-order valence-electron chi connectivity index (χ4n) is 4.11. The van der Waals surface area contributed by atoms with Crippen molar-refractivity contribution in [2.45, 2.75) is 6.92 Å². The van der Waals surface area contributed by atoms with Crippen LogP contribution in [0.2, 0.25) is 0 Å². The first kappa shape index (κ1) is 18.3. The van der Waals surface area contributed by atoms with E-state index < -0.39 is 0 Å². The largest absolute Gasteiger partial charge is 0.264 e. The SMILES string of the molecule is Cc1ccc(-c2cccnc2)cc1-c1c2ccc(-c3ccccc3)cc2cc[n+]1C. The molecule has 0 radical (unpaired) electrons. The van der Waals surface area contributed by atoms with Crippen molar-refractivity contribution < 1.29 is 4.57 Å². The van der Waals surface area contributed by atoms with Gasteiger partial charge in [-0.15, -0.1) is 0 Å². The van der Waals surface area contributed by atoms with E-state index in [-0.39, 0.29) is 0 Å². The zero-order valence-corrected chi connectivity index (χ0v) is 17.2. The lowest BCUT2D eigenvalue weighted by atomic mass is 9.94. The quantitative estimate of drug-likeness (QED) is 0.329. The maximum absolute atomic E-state index is 4.29. The number of nitrogens with zero attached hydrogens (tertiary/aromatic N) is 2. The second kappa shape index (κ2) is 7.57. The number of benzene rings is 3. The fourth-order valence-corrected chi connectivity index (χ4v) is 4.11. The molecule has 2 heterocycles. The Morgan fingerprint density at radius 2 is 1.47 bits per heavy atom. The van der Waals surface area contributed by atoms with Gasteiger partial charge in [0.05, 0.1) is 10.9 Å². The van der Waals surface area contributed by atoms with Gasteiger partial charge in [0.25, 0.3) is 0 Å². The number of rotatable bonds is 3. The molecule has 0 fully saturated rings. The van der Waals surface area contributed by atoms with Crippen LogP contribution >= 0.6 is 0 Å². The van der Waals surface area contributed by atoms with Crippen LogP contribution in [0.25, 0.3) is 44.3 Å². The summed E-state index contributed by atoms with van der Waals surface area (Å²) < 4.78 is 2.22. The second-order valence-corrected chi connectivity index (χ2v) is 7.71. The van der Waals surface area contributed by atoms with Gasteiger partial charge in [0, 0.05) is 24.0 Å². The highest BCUT2D eigenvalue weighted by atomic mass is 14.9. The number of hydrogen-bond acceptors (Lipinski definition) is 1. The number of hydrogen-bond donors (Lipinski definition) is 0. The molecule has 0 aliphatic carbocycles. The first-order valence-electron chi connectivity index (χ1n) is 10.2. The molecule has 2 aromatic heterocycles. The van der Waals surface area contributed by atoms with Gasteiger partial charge in [-0.2, -0.15) is 0 Å². The summed E-state index contributed by atoms with van der Waals surface area (Å²) in [5.41, 5.74) is 8.53. The fraction of sp³-hybridized carbons (Fsp3) is 0.0714. The van der Waals surface area contributed by atoms with Gasteiger partial charge in [0.1, 0.15) is 7.05 Å². The average molecular weight is 388 g/mol. The third-order valence-electron chi connectivity index (χ3n) is 5.73. The van der Waals surface area contributed by atoms with Gasteiger partial charge >= 0.3 is 0 Å². The van der Waals surface area contributed by atoms with E-state index in [0.717, 1.165) is 5.56 Å². The summed E-state index contributed by atoms with van der Waals surface area (Å²) in [4.78, 5) is 4.29. The van der Waals surface area contributed by atoms with Gasteiger partial charge in [-0.05, 0) is 58.8 Å². The smallest absolute Gasteiger partial charge is 0.220 e. The highest BCUT2D eigenvalue weighted by molar-refractivity contribution is 5.96.